The second-order valence-electron chi connectivity index (χ2n) is 5.08. The van der Waals surface area contributed by atoms with E-state index in [0.717, 1.165) is 5.69 Å². The maximum atomic E-state index is 11.9. The Labute approximate surface area is 139 Å². The van der Waals surface area contributed by atoms with Gasteiger partial charge < -0.3 is 20.1 Å². The van der Waals surface area contributed by atoms with Gasteiger partial charge in [0.2, 0.25) is 5.91 Å². The number of imide groups is 1. The molecule has 0 bridgehead atoms. The molecule has 2 aromatic carbocycles. The Morgan fingerprint density at radius 1 is 0.917 bits per heavy atom. The number of benzene rings is 2. The fourth-order valence-corrected chi connectivity index (χ4v) is 2.19. The van der Waals surface area contributed by atoms with Crippen LogP contribution in [0.5, 0.6) is 11.5 Å². The van der Waals surface area contributed by atoms with Crippen LogP contribution in [-0.4, -0.2) is 31.7 Å². The molecule has 3 N–H and O–H groups in total. The molecule has 1 aliphatic rings. The van der Waals surface area contributed by atoms with Gasteiger partial charge in [-0.25, -0.2) is 4.79 Å². The van der Waals surface area contributed by atoms with Crippen molar-refractivity contribution in [2.24, 2.45) is 0 Å². The van der Waals surface area contributed by atoms with Gasteiger partial charge in [0.05, 0.1) is 6.54 Å². The number of para-hydroxylation sites is 1. The standard InChI is InChI=1S/C17H17N3O4/c21-16(11-18-12-4-2-1-3-5-12)20-17(22)19-13-6-7-14-15(10-13)24-9-8-23-14/h1-7,10,18H,8-9,11H2,(H2,19,20,21,22). The second-order valence-corrected chi connectivity index (χ2v) is 5.08. The average Bonchev–Trinajstić information content (AvgIpc) is 2.60. The zero-order valence-electron chi connectivity index (χ0n) is 12.9. The van der Waals surface area contributed by atoms with E-state index in [2.05, 4.69) is 16.0 Å². The van der Waals surface area contributed by atoms with Gasteiger partial charge in [-0.15, -0.1) is 0 Å². The Morgan fingerprint density at radius 3 is 2.46 bits per heavy atom. The van der Waals surface area contributed by atoms with Gasteiger partial charge in [-0.3, -0.25) is 10.1 Å². The Kier molecular flexibility index (Phi) is 4.81. The van der Waals surface area contributed by atoms with Crippen molar-refractivity contribution in [2.45, 2.75) is 0 Å². The topological polar surface area (TPSA) is 88.7 Å². The minimum absolute atomic E-state index is 0.00142. The lowest BCUT2D eigenvalue weighted by Gasteiger charge is -2.19. The number of hydrogen-bond acceptors (Lipinski definition) is 5. The van der Waals surface area contributed by atoms with Crippen molar-refractivity contribution < 1.29 is 19.1 Å². The molecule has 0 spiro atoms. The number of urea groups is 1. The Balaban J connectivity index is 1.49. The van der Waals surface area contributed by atoms with Gasteiger partial charge in [0.25, 0.3) is 0 Å². The predicted molar refractivity (Wildman–Crippen MR) is 89.5 cm³/mol. The van der Waals surface area contributed by atoms with E-state index >= 15 is 0 Å². The van der Waals surface area contributed by atoms with Crippen molar-refractivity contribution in [3.05, 3.63) is 48.5 Å². The van der Waals surface area contributed by atoms with E-state index in [-0.39, 0.29) is 6.54 Å². The molecule has 0 saturated heterocycles. The Morgan fingerprint density at radius 2 is 1.67 bits per heavy atom. The van der Waals surface area contributed by atoms with E-state index in [1.807, 2.05) is 30.3 Å². The highest BCUT2D eigenvalue weighted by Gasteiger charge is 2.13. The first-order valence-corrected chi connectivity index (χ1v) is 7.50. The van der Waals surface area contributed by atoms with Crippen molar-refractivity contribution in [2.75, 3.05) is 30.4 Å². The van der Waals surface area contributed by atoms with Gasteiger partial charge in [0, 0.05) is 17.4 Å². The SMILES string of the molecule is O=C(CNc1ccccc1)NC(=O)Nc1ccc2c(c1)OCCO2. The predicted octanol–water partition coefficient (Wildman–Crippen LogP) is 2.22. The van der Waals surface area contributed by atoms with Crippen molar-refractivity contribution in [1.29, 1.82) is 0 Å². The van der Waals surface area contributed by atoms with Crippen LogP contribution in [0.1, 0.15) is 0 Å². The zero-order chi connectivity index (χ0) is 16.8. The Bertz CT molecular complexity index is 734. The highest BCUT2D eigenvalue weighted by Crippen LogP contribution is 2.32. The minimum atomic E-state index is -0.605. The highest BCUT2D eigenvalue weighted by atomic mass is 16.6. The minimum Gasteiger partial charge on any atom is -0.486 e. The molecule has 3 rings (SSSR count). The van der Waals surface area contributed by atoms with E-state index in [9.17, 15) is 9.59 Å². The molecule has 0 radical (unpaired) electrons. The number of carbonyl (C=O) groups is 2. The number of fused-ring (bicyclic) bond motifs is 1. The lowest BCUT2D eigenvalue weighted by Crippen LogP contribution is -2.37. The summed E-state index contributed by atoms with van der Waals surface area (Å²) < 4.78 is 10.8. The lowest BCUT2D eigenvalue weighted by molar-refractivity contribution is -0.118. The molecule has 7 heteroatoms. The van der Waals surface area contributed by atoms with Gasteiger partial charge in [-0.05, 0) is 24.3 Å². The summed E-state index contributed by atoms with van der Waals surface area (Å²) in [4.78, 5) is 23.6. The average molecular weight is 327 g/mol. The normalized spacial score (nSPS) is 12.2. The first-order valence-electron chi connectivity index (χ1n) is 7.50. The van der Waals surface area contributed by atoms with E-state index in [0.29, 0.717) is 30.4 Å². The van der Waals surface area contributed by atoms with Gasteiger partial charge >= 0.3 is 6.03 Å². The summed E-state index contributed by atoms with van der Waals surface area (Å²) in [6, 6.07) is 13.7. The maximum absolute atomic E-state index is 11.9. The molecular weight excluding hydrogens is 310 g/mol. The van der Waals surface area contributed by atoms with E-state index in [1.54, 1.807) is 18.2 Å². The molecule has 1 aliphatic heterocycles. The molecule has 2 aromatic rings. The van der Waals surface area contributed by atoms with Crippen LogP contribution >= 0.6 is 0 Å². The Hall–Kier alpha value is -3.22. The highest BCUT2D eigenvalue weighted by molar-refractivity contribution is 6.02. The summed E-state index contributed by atoms with van der Waals surface area (Å²) in [6.07, 6.45) is 0. The molecule has 24 heavy (non-hydrogen) atoms. The number of hydrogen-bond donors (Lipinski definition) is 3. The quantitative estimate of drug-likeness (QED) is 0.801. The van der Waals surface area contributed by atoms with Crippen molar-refractivity contribution in [3.8, 4) is 11.5 Å². The summed E-state index contributed by atoms with van der Waals surface area (Å²) in [5, 5.41) is 7.77. The van der Waals surface area contributed by atoms with Crippen LogP contribution in [0.2, 0.25) is 0 Å². The lowest BCUT2D eigenvalue weighted by atomic mass is 10.2. The summed E-state index contributed by atoms with van der Waals surface area (Å²) in [7, 11) is 0. The first kappa shape index (κ1) is 15.7. The second kappa shape index (κ2) is 7.36. The molecule has 0 aliphatic carbocycles. The van der Waals surface area contributed by atoms with Crippen LogP contribution in [0.3, 0.4) is 0 Å². The summed E-state index contributed by atoms with van der Waals surface area (Å²) >= 11 is 0. The fourth-order valence-electron chi connectivity index (χ4n) is 2.19. The number of anilines is 2. The number of ether oxygens (including phenoxy) is 2. The third-order valence-corrected chi connectivity index (χ3v) is 3.28. The van der Waals surface area contributed by atoms with Crippen LogP contribution in [0.4, 0.5) is 16.2 Å². The number of amides is 3. The molecular formula is C17H17N3O4. The van der Waals surface area contributed by atoms with Crippen molar-refractivity contribution in [3.63, 3.8) is 0 Å². The number of rotatable bonds is 4. The number of carbonyl (C=O) groups excluding carboxylic acids is 2. The summed E-state index contributed by atoms with van der Waals surface area (Å²) in [5.74, 6) is 0.764. The van der Waals surface area contributed by atoms with Gasteiger partial charge in [-0.2, -0.15) is 0 Å². The van der Waals surface area contributed by atoms with Crippen LogP contribution in [-0.2, 0) is 4.79 Å². The molecule has 1 heterocycles. The van der Waals surface area contributed by atoms with Crippen LogP contribution in [0.15, 0.2) is 48.5 Å². The van der Waals surface area contributed by atoms with Gasteiger partial charge in [0.1, 0.15) is 13.2 Å². The molecule has 0 unspecified atom stereocenters. The first-order chi connectivity index (χ1) is 11.7. The van der Waals surface area contributed by atoms with Crippen LogP contribution in [0.25, 0.3) is 0 Å². The van der Waals surface area contributed by atoms with Gasteiger partial charge in [0.15, 0.2) is 11.5 Å². The smallest absolute Gasteiger partial charge is 0.325 e. The molecule has 7 nitrogen and oxygen atoms in total. The van der Waals surface area contributed by atoms with Gasteiger partial charge in [-0.1, -0.05) is 18.2 Å². The molecule has 0 fully saturated rings. The third kappa shape index (κ3) is 4.16. The van der Waals surface area contributed by atoms with E-state index < -0.39 is 11.9 Å². The molecule has 0 saturated carbocycles. The van der Waals surface area contributed by atoms with Crippen LogP contribution in [0, 0.1) is 0 Å². The van der Waals surface area contributed by atoms with Crippen molar-refractivity contribution >= 4 is 23.3 Å². The maximum Gasteiger partial charge on any atom is 0.325 e. The fraction of sp³-hybridized carbons (Fsp3) is 0.176. The summed E-state index contributed by atoms with van der Waals surface area (Å²) in [5.41, 5.74) is 1.32. The molecule has 0 atom stereocenters. The third-order valence-electron chi connectivity index (χ3n) is 3.28. The van der Waals surface area contributed by atoms with Crippen LogP contribution < -0.4 is 25.4 Å². The van der Waals surface area contributed by atoms with E-state index in [1.165, 1.54) is 0 Å². The molecule has 124 valence electrons. The number of nitrogens with one attached hydrogen (secondary N) is 3. The summed E-state index contributed by atoms with van der Waals surface area (Å²) in [6.45, 7) is 0.966. The largest absolute Gasteiger partial charge is 0.486 e. The van der Waals surface area contributed by atoms with Crippen molar-refractivity contribution in [1.82, 2.24) is 5.32 Å². The molecule has 0 aromatic heterocycles. The zero-order valence-corrected chi connectivity index (χ0v) is 12.9. The monoisotopic (exact) mass is 327 g/mol. The molecule has 3 amide bonds. The van der Waals surface area contributed by atoms with E-state index in [4.69, 9.17) is 9.47 Å².